The Morgan fingerprint density at radius 3 is 2.81 bits per heavy atom. The quantitative estimate of drug-likeness (QED) is 0.843. The summed E-state index contributed by atoms with van der Waals surface area (Å²) >= 11 is 0. The fourth-order valence-electron chi connectivity index (χ4n) is 2.05. The fourth-order valence-corrected chi connectivity index (χ4v) is 2.05. The Kier molecular flexibility index (Phi) is 3.28. The van der Waals surface area contributed by atoms with Crippen molar-refractivity contribution in [3.63, 3.8) is 0 Å². The van der Waals surface area contributed by atoms with Crippen molar-refractivity contribution in [1.29, 1.82) is 0 Å². The molecule has 2 unspecified atom stereocenters. The van der Waals surface area contributed by atoms with E-state index in [9.17, 15) is 0 Å². The van der Waals surface area contributed by atoms with Crippen LogP contribution in [0.5, 0.6) is 0 Å². The summed E-state index contributed by atoms with van der Waals surface area (Å²) in [6.45, 7) is 5.20. The van der Waals surface area contributed by atoms with Gasteiger partial charge in [-0.25, -0.2) is 0 Å². The van der Waals surface area contributed by atoms with Crippen LogP contribution in [0.1, 0.15) is 18.1 Å². The van der Waals surface area contributed by atoms with Gasteiger partial charge < -0.3 is 15.2 Å². The van der Waals surface area contributed by atoms with Crippen LogP contribution in [-0.2, 0) is 15.9 Å². The molecule has 3 heteroatoms. The SMILES string of the molecule is Cc1ccccc1CC1(C)OCC(CN)O1. The second kappa shape index (κ2) is 4.53. The van der Waals surface area contributed by atoms with Crippen LogP contribution in [0.2, 0.25) is 0 Å². The predicted molar refractivity (Wildman–Crippen MR) is 63.2 cm³/mol. The van der Waals surface area contributed by atoms with Crippen LogP contribution >= 0.6 is 0 Å². The summed E-state index contributed by atoms with van der Waals surface area (Å²) < 4.78 is 11.5. The third-order valence-electron chi connectivity index (χ3n) is 3.03. The van der Waals surface area contributed by atoms with Gasteiger partial charge in [-0.1, -0.05) is 24.3 Å². The van der Waals surface area contributed by atoms with Crippen molar-refractivity contribution >= 4 is 0 Å². The maximum atomic E-state index is 5.81. The molecule has 1 saturated heterocycles. The Balaban J connectivity index is 2.08. The minimum Gasteiger partial charge on any atom is -0.347 e. The Morgan fingerprint density at radius 2 is 2.19 bits per heavy atom. The van der Waals surface area contributed by atoms with Crippen molar-refractivity contribution in [3.8, 4) is 0 Å². The second-order valence-electron chi connectivity index (χ2n) is 4.52. The normalized spacial score (nSPS) is 29.6. The molecule has 0 aromatic heterocycles. The molecule has 1 aliphatic heterocycles. The molecule has 2 atom stereocenters. The van der Waals surface area contributed by atoms with Crippen LogP contribution in [0.3, 0.4) is 0 Å². The molecule has 16 heavy (non-hydrogen) atoms. The number of ether oxygens (including phenoxy) is 2. The van der Waals surface area contributed by atoms with Gasteiger partial charge in [-0.3, -0.25) is 0 Å². The molecule has 0 spiro atoms. The maximum absolute atomic E-state index is 5.81. The topological polar surface area (TPSA) is 44.5 Å². The molecular weight excluding hydrogens is 202 g/mol. The number of aryl methyl sites for hydroxylation is 1. The van der Waals surface area contributed by atoms with Crippen LogP contribution < -0.4 is 5.73 Å². The van der Waals surface area contributed by atoms with Gasteiger partial charge in [0, 0.05) is 13.0 Å². The molecule has 1 aromatic rings. The van der Waals surface area contributed by atoms with E-state index in [1.54, 1.807) is 0 Å². The lowest BCUT2D eigenvalue weighted by atomic mass is 10.0. The summed E-state index contributed by atoms with van der Waals surface area (Å²) in [4.78, 5) is 0. The molecule has 0 saturated carbocycles. The zero-order valence-electron chi connectivity index (χ0n) is 9.90. The van der Waals surface area contributed by atoms with Crippen LogP contribution in [0.15, 0.2) is 24.3 Å². The van der Waals surface area contributed by atoms with Gasteiger partial charge in [0.05, 0.1) is 12.7 Å². The Labute approximate surface area is 96.5 Å². The minimum atomic E-state index is -0.518. The number of rotatable bonds is 3. The van der Waals surface area contributed by atoms with Crippen LogP contribution in [0.25, 0.3) is 0 Å². The van der Waals surface area contributed by atoms with Gasteiger partial charge in [-0.2, -0.15) is 0 Å². The van der Waals surface area contributed by atoms with Gasteiger partial charge in [-0.15, -0.1) is 0 Å². The molecule has 0 aliphatic carbocycles. The molecule has 1 heterocycles. The van der Waals surface area contributed by atoms with Crippen molar-refractivity contribution in [3.05, 3.63) is 35.4 Å². The average Bonchev–Trinajstić information content (AvgIpc) is 2.64. The molecule has 1 fully saturated rings. The van der Waals surface area contributed by atoms with E-state index < -0.39 is 5.79 Å². The van der Waals surface area contributed by atoms with Gasteiger partial charge in [0.2, 0.25) is 0 Å². The molecule has 1 aliphatic rings. The van der Waals surface area contributed by atoms with Gasteiger partial charge in [-0.05, 0) is 25.0 Å². The summed E-state index contributed by atoms with van der Waals surface area (Å²) in [7, 11) is 0. The highest BCUT2D eigenvalue weighted by molar-refractivity contribution is 5.26. The summed E-state index contributed by atoms with van der Waals surface area (Å²) in [6, 6.07) is 8.30. The Morgan fingerprint density at radius 1 is 1.44 bits per heavy atom. The standard InChI is InChI=1S/C13H19NO2/c1-10-5-3-4-6-11(10)7-13(2)15-9-12(8-14)16-13/h3-6,12H,7-9,14H2,1-2H3. The number of hydrogen-bond donors (Lipinski definition) is 1. The van der Waals surface area contributed by atoms with E-state index in [1.807, 2.05) is 19.1 Å². The van der Waals surface area contributed by atoms with Crippen LogP contribution in [-0.4, -0.2) is 25.0 Å². The van der Waals surface area contributed by atoms with E-state index in [1.165, 1.54) is 11.1 Å². The highest BCUT2D eigenvalue weighted by Gasteiger charge is 2.36. The first kappa shape index (κ1) is 11.6. The van der Waals surface area contributed by atoms with Crippen molar-refractivity contribution in [2.75, 3.05) is 13.2 Å². The average molecular weight is 221 g/mol. The van der Waals surface area contributed by atoms with E-state index >= 15 is 0 Å². The van der Waals surface area contributed by atoms with E-state index in [-0.39, 0.29) is 6.10 Å². The first-order valence-electron chi connectivity index (χ1n) is 5.69. The molecular formula is C13H19NO2. The molecule has 88 valence electrons. The molecule has 0 amide bonds. The fraction of sp³-hybridized carbons (Fsp3) is 0.538. The second-order valence-corrected chi connectivity index (χ2v) is 4.52. The monoisotopic (exact) mass is 221 g/mol. The predicted octanol–water partition coefficient (Wildman–Crippen LogP) is 1.63. The summed E-state index contributed by atoms with van der Waals surface area (Å²) in [6.07, 6.45) is 0.810. The molecule has 3 nitrogen and oxygen atoms in total. The Bertz CT molecular complexity index is 367. The summed E-state index contributed by atoms with van der Waals surface area (Å²) in [5.74, 6) is -0.518. The smallest absolute Gasteiger partial charge is 0.170 e. The number of nitrogens with two attached hydrogens (primary N) is 1. The lowest BCUT2D eigenvalue weighted by Gasteiger charge is -2.24. The molecule has 0 bridgehead atoms. The van der Waals surface area contributed by atoms with Gasteiger partial charge in [0.1, 0.15) is 0 Å². The zero-order chi connectivity index (χ0) is 11.6. The molecule has 0 radical (unpaired) electrons. The molecule has 1 aromatic carbocycles. The number of benzene rings is 1. The minimum absolute atomic E-state index is 0.0361. The third kappa shape index (κ3) is 2.43. The molecule has 2 N–H and O–H groups in total. The lowest BCUT2D eigenvalue weighted by molar-refractivity contribution is -0.151. The van der Waals surface area contributed by atoms with Gasteiger partial charge >= 0.3 is 0 Å². The zero-order valence-corrected chi connectivity index (χ0v) is 9.90. The van der Waals surface area contributed by atoms with Gasteiger partial charge in [0.15, 0.2) is 5.79 Å². The maximum Gasteiger partial charge on any atom is 0.170 e. The van der Waals surface area contributed by atoms with E-state index in [0.29, 0.717) is 13.2 Å². The van der Waals surface area contributed by atoms with E-state index in [4.69, 9.17) is 15.2 Å². The van der Waals surface area contributed by atoms with Crippen LogP contribution in [0, 0.1) is 6.92 Å². The van der Waals surface area contributed by atoms with E-state index in [2.05, 4.69) is 19.1 Å². The first-order valence-corrected chi connectivity index (χ1v) is 5.69. The largest absolute Gasteiger partial charge is 0.347 e. The van der Waals surface area contributed by atoms with Crippen molar-refractivity contribution < 1.29 is 9.47 Å². The summed E-state index contributed by atoms with van der Waals surface area (Å²) in [5.41, 5.74) is 8.11. The van der Waals surface area contributed by atoms with Crippen molar-refractivity contribution in [2.45, 2.75) is 32.2 Å². The Hall–Kier alpha value is -0.900. The van der Waals surface area contributed by atoms with Gasteiger partial charge in [0.25, 0.3) is 0 Å². The number of hydrogen-bond acceptors (Lipinski definition) is 3. The highest BCUT2D eigenvalue weighted by atomic mass is 16.7. The lowest BCUT2D eigenvalue weighted by Crippen LogP contribution is -2.31. The third-order valence-corrected chi connectivity index (χ3v) is 3.03. The van der Waals surface area contributed by atoms with Crippen molar-refractivity contribution in [2.24, 2.45) is 5.73 Å². The van der Waals surface area contributed by atoms with E-state index in [0.717, 1.165) is 6.42 Å². The van der Waals surface area contributed by atoms with Crippen LogP contribution in [0.4, 0.5) is 0 Å². The molecule has 2 rings (SSSR count). The highest BCUT2D eigenvalue weighted by Crippen LogP contribution is 2.27. The van der Waals surface area contributed by atoms with Crippen molar-refractivity contribution in [1.82, 2.24) is 0 Å². The summed E-state index contributed by atoms with van der Waals surface area (Å²) in [5, 5.41) is 0. The first-order chi connectivity index (χ1) is 7.63.